The fourth-order valence-corrected chi connectivity index (χ4v) is 3.14. The van der Waals surface area contributed by atoms with E-state index in [0.717, 1.165) is 11.1 Å². The van der Waals surface area contributed by atoms with Gasteiger partial charge in [0.1, 0.15) is 11.9 Å². The molecule has 0 aliphatic heterocycles. The minimum Gasteiger partial charge on any atom is -0.258 e. The Balaban J connectivity index is 1.93. The molecule has 4 aromatic rings. The number of rotatable bonds is 4. The quantitative estimate of drug-likeness (QED) is 0.364. The summed E-state index contributed by atoms with van der Waals surface area (Å²) in [5, 5.41) is 16.0. The molecule has 27 heavy (non-hydrogen) atoms. The van der Waals surface area contributed by atoms with E-state index < -0.39 is 4.92 Å². The summed E-state index contributed by atoms with van der Waals surface area (Å²) in [6.07, 6.45) is 1.21. The minimum atomic E-state index is -0.486. The van der Waals surface area contributed by atoms with Crippen molar-refractivity contribution in [2.45, 2.75) is 0 Å². The monoisotopic (exact) mass is 376 g/mol. The minimum absolute atomic E-state index is 0.0819. The van der Waals surface area contributed by atoms with Crippen molar-refractivity contribution < 1.29 is 4.92 Å². The first-order chi connectivity index (χ1) is 13.1. The number of aromatic nitrogens is 3. The number of nitrogens with zero attached hydrogens (tertiary/aromatic N) is 4. The van der Waals surface area contributed by atoms with Crippen molar-refractivity contribution in [3.8, 4) is 28.3 Å². The van der Waals surface area contributed by atoms with Crippen LogP contribution in [-0.4, -0.2) is 19.7 Å². The zero-order valence-corrected chi connectivity index (χ0v) is 14.7. The first-order valence-electron chi connectivity index (χ1n) is 8.15. The highest BCUT2D eigenvalue weighted by Gasteiger charge is 2.21. The summed E-state index contributed by atoms with van der Waals surface area (Å²) in [6.45, 7) is 0. The van der Waals surface area contributed by atoms with E-state index >= 15 is 0 Å². The van der Waals surface area contributed by atoms with Crippen LogP contribution >= 0.6 is 11.6 Å². The van der Waals surface area contributed by atoms with Crippen molar-refractivity contribution >= 4 is 17.3 Å². The van der Waals surface area contributed by atoms with Crippen molar-refractivity contribution in [3.05, 3.63) is 94.1 Å². The highest BCUT2D eigenvalue weighted by molar-refractivity contribution is 6.35. The zero-order valence-electron chi connectivity index (χ0n) is 14.0. The van der Waals surface area contributed by atoms with E-state index in [9.17, 15) is 10.1 Å². The van der Waals surface area contributed by atoms with Gasteiger partial charge in [-0.25, -0.2) is 9.67 Å². The molecule has 0 radical (unpaired) electrons. The number of benzene rings is 2. The Morgan fingerprint density at radius 2 is 1.52 bits per heavy atom. The second-order valence-corrected chi connectivity index (χ2v) is 6.16. The van der Waals surface area contributed by atoms with E-state index in [1.807, 2.05) is 60.7 Å². The molecule has 132 valence electrons. The Bertz CT molecular complexity index is 1090. The van der Waals surface area contributed by atoms with Crippen LogP contribution < -0.4 is 0 Å². The third-order valence-electron chi connectivity index (χ3n) is 4.08. The van der Waals surface area contributed by atoms with E-state index in [0.29, 0.717) is 22.2 Å². The van der Waals surface area contributed by atoms with Crippen LogP contribution in [0.5, 0.6) is 0 Å². The van der Waals surface area contributed by atoms with Crippen LogP contribution in [0.3, 0.4) is 0 Å². The van der Waals surface area contributed by atoms with Gasteiger partial charge in [0.2, 0.25) is 0 Å². The van der Waals surface area contributed by atoms with Gasteiger partial charge >= 0.3 is 0 Å². The van der Waals surface area contributed by atoms with Gasteiger partial charge in [-0.15, -0.1) is 0 Å². The van der Waals surface area contributed by atoms with Gasteiger partial charge in [0, 0.05) is 17.2 Å². The Labute approximate surface area is 159 Å². The highest BCUT2D eigenvalue weighted by atomic mass is 35.5. The molecular formula is C20H13ClN4O2. The van der Waals surface area contributed by atoms with Crippen molar-refractivity contribution in [1.29, 1.82) is 0 Å². The van der Waals surface area contributed by atoms with E-state index in [4.69, 9.17) is 11.6 Å². The molecule has 2 heterocycles. The Kier molecular flexibility index (Phi) is 4.40. The van der Waals surface area contributed by atoms with Crippen LogP contribution in [0.15, 0.2) is 79.0 Å². The van der Waals surface area contributed by atoms with E-state index in [-0.39, 0.29) is 5.69 Å². The van der Waals surface area contributed by atoms with Gasteiger partial charge in [0.25, 0.3) is 5.69 Å². The number of hydrogen-bond acceptors (Lipinski definition) is 4. The molecule has 2 aromatic heterocycles. The molecule has 0 bridgehead atoms. The van der Waals surface area contributed by atoms with Gasteiger partial charge in [0.05, 0.1) is 15.6 Å². The van der Waals surface area contributed by atoms with Gasteiger partial charge in [-0.3, -0.25) is 10.1 Å². The van der Waals surface area contributed by atoms with Gasteiger partial charge in [-0.05, 0) is 6.07 Å². The Hall–Kier alpha value is -3.51. The maximum Gasteiger partial charge on any atom is 0.287 e. The highest BCUT2D eigenvalue weighted by Crippen LogP contribution is 2.37. The predicted molar refractivity (Wildman–Crippen MR) is 104 cm³/mol. The van der Waals surface area contributed by atoms with Crippen LogP contribution in [0.1, 0.15) is 0 Å². The topological polar surface area (TPSA) is 73.8 Å². The summed E-state index contributed by atoms with van der Waals surface area (Å²) in [7, 11) is 0. The van der Waals surface area contributed by atoms with Gasteiger partial charge < -0.3 is 0 Å². The second-order valence-electron chi connectivity index (χ2n) is 5.79. The molecular weight excluding hydrogens is 364 g/mol. The number of nitro groups is 1. The fraction of sp³-hybridized carbons (Fsp3) is 0. The average Bonchev–Trinajstić information content (AvgIpc) is 3.06. The van der Waals surface area contributed by atoms with Gasteiger partial charge in [-0.2, -0.15) is 5.10 Å². The predicted octanol–water partition coefficient (Wildman–Crippen LogP) is 5.16. The van der Waals surface area contributed by atoms with Crippen molar-refractivity contribution in [2.75, 3.05) is 0 Å². The number of halogens is 1. The third-order valence-corrected chi connectivity index (χ3v) is 4.44. The van der Waals surface area contributed by atoms with E-state index in [2.05, 4.69) is 10.1 Å². The molecule has 7 heteroatoms. The Morgan fingerprint density at radius 3 is 2.07 bits per heavy atom. The number of pyridine rings is 1. The molecule has 0 spiro atoms. The Morgan fingerprint density at radius 1 is 0.889 bits per heavy atom. The average molecular weight is 377 g/mol. The first kappa shape index (κ1) is 16.9. The first-order valence-corrected chi connectivity index (χ1v) is 8.53. The maximum absolute atomic E-state index is 10.9. The molecule has 0 fully saturated rings. The standard InChI is InChI=1S/C20H13ClN4O2/c21-18-19(14-7-3-1-4-8-14)23-24(20(18)15-9-5-2-6-10-15)17-12-11-16(13-22-17)25(26)27/h1-13H. The molecule has 4 rings (SSSR count). The maximum atomic E-state index is 10.9. The molecule has 0 saturated carbocycles. The summed E-state index contributed by atoms with van der Waals surface area (Å²) in [5.41, 5.74) is 2.97. The normalized spacial score (nSPS) is 10.7. The SMILES string of the molecule is O=[N+]([O-])c1ccc(-n2nc(-c3ccccc3)c(Cl)c2-c2ccccc2)nc1. The molecule has 0 N–H and O–H groups in total. The zero-order chi connectivity index (χ0) is 18.8. The van der Waals surface area contributed by atoms with Crippen LogP contribution in [0.25, 0.3) is 28.3 Å². The lowest BCUT2D eigenvalue weighted by atomic mass is 10.1. The lowest BCUT2D eigenvalue weighted by molar-refractivity contribution is -0.385. The summed E-state index contributed by atoms with van der Waals surface area (Å²) in [6, 6.07) is 22.2. The summed E-state index contributed by atoms with van der Waals surface area (Å²) in [5.74, 6) is 0.448. The summed E-state index contributed by atoms with van der Waals surface area (Å²) >= 11 is 6.71. The van der Waals surface area contributed by atoms with E-state index in [1.165, 1.54) is 12.3 Å². The van der Waals surface area contributed by atoms with Crippen molar-refractivity contribution in [1.82, 2.24) is 14.8 Å². The molecule has 0 amide bonds. The lowest BCUT2D eigenvalue weighted by Gasteiger charge is -2.07. The second kappa shape index (κ2) is 7.01. The summed E-state index contributed by atoms with van der Waals surface area (Å²) in [4.78, 5) is 14.6. The van der Waals surface area contributed by atoms with Crippen molar-refractivity contribution in [3.63, 3.8) is 0 Å². The largest absolute Gasteiger partial charge is 0.287 e. The molecule has 0 aliphatic rings. The van der Waals surface area contributed by atoms with Crippen LogP contribution in [-0.2, 0) is 0 Å². The van der Waals surface area contributed by atoms with Crippen LogP contribution in [0.4, 0.5) is 5.69 Å². The number of hydrogen-bond donors (Lipinski definition) is 0. The summed E-state index contributed by atoms with van der Waals surface area (Å²) < 4.78 is 1.61. The van der Waals surface area contributed by atoms with Gasteiger partial charge in [0.15, 0.2) is 5.82 Å². The van der Waals surface area contributed by atoms with Crippen molar-refractivity contribution in [2.24, 2.45) is 0 Å². The van der Waals surface area contributed by atoms with Crippen LogP contribution in [0, 0.1) is 10.1 Å². The fourth-order valence-electron chi connectivity index (χ4n) is 2.80. The molecule has 0 unspecified atom stereocenters. The van der Waals surface area contributed by atoms with Crippen LogP contribution in [0.2, 0.25) is 5.02 Å². The smallest absolute Gasteiger partial charge is 0.258 e. The molecule has 0 saturated heterocycles. The third kappa shape index (κ3) is 3.18. The lowest BCUT2D eigenvalue weighted by Crippen LogP contribution is -2.02. The molecule has 0 atom stereocenters. The van der Waals surface area contributed by atoms with E-state index in [1.54, 1.807) is 10.7 Å². The molecule has 2 aromatic carbocycles. The molecule has 0 aliphatic carbocycles. The van der Waals surface area contributed by atoms with Gasteiger partial charge in [-0.1, -0.05) is 72.3 Å². The molecule has 6 nitrogen and oxygen atoms in total.